The normalized spacial score (nSPS) is 10.9. The van der Waals surface area contributed by atoms with E-state index in [9.17, 15) is 39.6 Å². The van der Waals surface area contributed by atoms with Crippen LogP contribution in [0.5, 0.6) is 0 Å². The number of nitrogens with one attached hydrogen (secondary N) is 1. The summed E-state index contributed by atoms with van der Waals surface area (Å²) in [4.78, 5) is 58.8. The molecule has 238 valence electrons. The van der Waals surface area contributed by atoms with Crippen LogP contribution in [0.1, 0.15) is 124 Å². The molecule has 0 saturated heterocycles. The first-order chi connectivity index (χ1) is 19.4. The van der Waals surface area contributed by atoms with Crippen molar-refractivity contribution in [1.29, 1.82) is 0 Å². The van der Waals surface area contributed by atoms with Gasteiger partial charge in [-0.15, -0.1) is 0 Å². The minimum absolute atomic E-state index is 0.00442. The van der Waals surface area contributed by atoms with Crippen molar-refractivity contribution in [2.24, 2.45) is 5.92 Å². The van der Waals surface area contributed by atoms with Crippen LogP contribution < -0.4 is 5.32 Å². The first-order valence-electron chi connectivity index (χ1n) is 15.2. The molecule has 0 aromatic rings. The molecule has 12 nitrogen and oxygen atoms in total. The van der Waals surface area contributed by atoms with Gasteiger partial charge in [-0.05, 0) is 44.4 Å². The van der Waals surface area contributed by atoms with Crippen molar-refractivity contribution >= 4 is 29.4 Å². The molecule has 0 fully saturated rings. The number of nitrogens with zero attached hydrogens (tertiary/aromatic N) is 3. The Kier molecular flexibility index (Phi) is 22.6. The summed E-state index contributed by atoms with van der Waals surface area (Å²) in [5, 5.41) is 33.7. The number of carbonyl (C=O) groups is 5. The van der Waals surface area contributed by atoms with Gasteiger partial charge in [0.15, 0.2) is 0 Å². The van der Waals surface area contributed by atoms with Crippen LogP contribution in [0.2, 0.25) is 0 Å². The van der Waals surface area contributed by atoms with E-state index in [0.29, 0.717) is 66.2 Å². The van der Waals surface area contributed by atoms with Gasteiger partial charge in [0.1, 0.15) is 5.78 Å². The highest BCUT2D eigenvalue weighted by Gasteiger charge is 2.14. The highest BCUT2D eigenvalue weighted by Crippen LogP contribution is 2.10. The maximum absolute atomic E-state index is 12.0. The topological polar surface area (TPSA) is 168 Å². The number of amides is 4. The lowest BCUT2D eigenvalue weighted by atomic mass is 10.1. The minimum atomic E-state index is -0.503. The second-order valence-corrected chi connectivity index (χ2v) is 11.0. The molecule has 12 heteroatoms. The van der Waals surface area contributed by atoms with Crippen LogP contribution in [-0.4, -0.2) is 86.4 Å². The van der Waals surface area contributed by atoms with E-state index in [1.807, 2.05) is 0 Å². The maximum atomic E-state index is 12.0. The van der Waals surface area contributed by atoms with Crippen LogP contribution >= 0.6 is 0 Å². The third-order valence-electron chi connectivity index (χ3n) is 6.72. The summed E-state index contributed by atoms with van der Waals surface area (Å²) in [7, 11) is 0. The standard InChI is InChI=1S/C29H54N4O8/c1-24(2)14-8-6-12-22-33(41)29(38)19-17-27(36)30-20-10-7-13-23-32(40)28(37)18-16-26(35)15-9-4-5-11-21-31(39)25(3)34/h24,39-41H,4-23H2,1-3H3,(H,30,36). The highest BCUT2D eigenvalue weighted by atomic mass is 16.5. The van der Waals surface area contributed by atoms with Gasteiger partial charge in [0.25, 0.3) is 0 Å². The van der Waals surface area contributed by atoms with E-state index in [1.165, 1.54) is 6.92 Å². The van der Waals surface area contributed by atoms with Crippen LogP contribution in [0.15, 0.2) is 0 Å². The van der Waals surface area contributed by atoms with Crippen molar-refractivity contribution in [2.75, 3.05) is 26.2 Å². The average molecular weight is 587 g/mol. The molecule has 0 aliphatic rings. The number of hydrogen-bond donors (Lipinski definition) is 4. The molecule has 0 atom stereocenters. The number of rotatable bonds is 25. The van der Waals surface area contributed by atoms with E-state index in [-0.39, 0.29) is 57.0 Å². The summed E-state index contributed by atoms with van der Waals surface area (Å²) in [5.41, 5.74) is 0. The predicted octanol–water partition coefficient (Wildman–Crippen LogP) is 4.24. The van der Waals surface area contributed by atoms with E-state index >= 15 is 0 Å². The zero-order valence-electron chi connectivity index (χ0n) is 25.4. The SMILES string of the molecule is CC(=O)N(O)CCCCCCC(=O)CCC(=O)N(O)CCCCCNC(=O)CCC(=O)N(O)CCCCCC(C)C. The number of hydrogen-bond acceptors (Lipinski definition) is 8. The predicted molar refractivity (Wildman–Crippen MR) is 153 cm³/mol. The number of hydroxylamine groups is 6. The van der Waals surface area contributed by atoms with E-state index in [4.69, 9.17) is 0 Å². The summed E-state index contributed by atoms with van der Waals surface area (Å²) >= 11 is 0. The molecule has 41 heavy (non-hydrogen) atoms. The smallest absolute Gasteiger partial charge is 0.246 e. The Hall–Kier alpha value is -2.57. The highest BCUT2D eigenvalue weighted by molar-refractivity contribution is 5.84. The summed E-state index contributed by atoms with van der Waals surface area (Å²) in [6.07, 6.45) is 8.95. The molecule has 4 amide bonds. The van der Waals surface area contributed by atoms with Crippen molar-refractivity contribution in [2.45, 2.75) is 124 Å². The molecule has 0 unspecified atom stereocenters. The van der Waals surface area contributed by atoms with Crippen molar-refractivity contribution in [3.8, 4) is 0 Å². The molecule has 0 radical (unpaired) electrons. The quantitative estimate of drug-likeness (QED) is 0.0700. The molecule has 0 spiro atoms. The largest absolute Gasteiger partial charge is 0.356 e. The van der Waals surface area contributed by atoms with E-state index < -0.39 is 17.7 Å². The average Bonchev–Trinajstić information content (AvgIpc) is 2.92. The zero-order chi connectivity index (χ0) is 31.0. The maximum Gasteiger partial charge on any atom is 0.246 e. The van der Waals surface area contributed by atoms with Gasteiger partial charge in [0.05, 0.1) is 0 Å². The van der Waals surface area contributed by atoms with Crippen molar-refractivity contribution in [3.63, 3.8) is 0 Å². The van der Waals surface area contributed by atoms with Crippen molar-refractivity contribution in [1.82, 2.24) is 20.5 Å². The Morgan fingerprint density at radius 1 is 0.585 bits per heavy atom. The van der Waals surface area contributed by atoms with E-state index in [2.05, 4.69) is 19.2 Å². The van der Waals surface area contributed by atoms with Crippen molar-refractivity contribution < 1.29 is 39.6 Å². The van der Waals surface area contributed by atoms with E-state index in [1.54, 1.807) is 0 Å². The van der Waals surface area contributed by atoms with Crippen LogP contribution in [0.4, 0.5) is 0 Å². The molecule has 0 aliphatic carbocycles. The van der Waals surface area contributed by atoms with Crippen LogP contribution in [-0.2, 0) is 24.0 Å². The molecule has 0 rings (SSSR count). The summed E-state index contributed by atoms with van der Waals surface area (Å²) in [5.74, 6) is -1.03. The second kappa shape index (κ2) is 24.1. The Morgan fingerprint density at radius 2 is 1.07 bits per heavy atom. The number of carbonyl (C=O) groups excluding carboxylic acids is 5. The van der Waals surface area contributed by atoms with E-state index in [0.717, 1.165) is 38.5 Å². The Balaban J connectivity index is 3.76. The van der Waals surface area contributed by atoms with Gasteiger partial charge < -0.3 is 5.32 Å². The summed E-state index contributed by atoms with van der Waals surface area (Å²) in [6.45, 7) is 6.70. The lowest BCUT2D eigenvalue weighted by molar-refractivity contribution is -0.166. The lowest BCUT2D eigenvalue weighted by Gasteiger charge is -2.15. The van der Waals surface area contributed by atoms with Crippen LogP contribution in [0.3, 0.4) is 0 Å². The molecule has 0 saturated carbocycles. The van der Waals surface area contributed by atoms with Gasteiger partial charge >= 0.3 is 0 Å². The van der Waals surface area contributed by atoms with Gasteiger partial charge in [-0.1, -0.05) is 46.0 Å². The Bertz CT molecular complexity index is 778. The molecule has 0 heterocycles. The summed E-state index contributed by atoms with van der Waals surface area (Å²) in [6, 6.07) is 0. The third-order valence-corrected chi connectivity index (χ3v) is 6.72. The van der Waals surface area contributed by atoms with Gasteiger partial charge in [-0.2, -0.15) is 0 Å². The fraction of sp³-hybridized carbons (Fsp3) is 0.828. The Morgan fingerprint density at radius 3 is 1.63 bits per heavy atom. The molecular formula is C29H54N4O8. The fourth-order valence-electron chi connectivity index (χ4n) is 4.06. The molecule has 4 N–H and O–H groups in total. The number of Topliss-reactive ketones (excluding diaryl/α,β-unsaturated/α-hetero) is 1. The number of unbranched alkanes of at least 4 members (excludes halogenated alkanes) is 7. The first kappa shape index (κ1) is 38.4. The Labute approximate surface area is 245 Å². The minimum Gasteiger partial charge on any atom is -0.356 e. The fourth-order valence-corrected chi connectivity index (χ4v) is 4.06. The zero-order valence-corrected chi connectivity index (χ0v) is 25.4. The van der Waals surface area contributed by atoms with Gasteiger partial charge in [0, 0.05) is 65.2 Å². The first-order valence-corrected chi connectivity index (χ1v) is 15.2. The van der Waals surface area contributed by atoms with Crippen molar-refractivity contribution in [3.05, 3.63) is 0 Å². The van der Waals surface area contributed by atoms with Gasteiger partial charge in [-0.3, -0.25) is 39.6 Å². The molecule has 0 bridgehead atoms. The van der Waals surface area contributed by atoms with Gasteiger partial charge in [0.2, 0.25) is 23.6 Å². The molecular weight excluding hydrogens is 532 g/mol. The second-order valence-electron chi connectivity index (χ2n) is 11.0. The molecule has 0 aliphatic heterocycles. The van der Waals surface area contributed by atoms with Crippen LogP contribution in [0, 0.1) is 5.92 Å². The van der Waals surface area contributed by atoms with Crippen LogP contribution in [0.25, 0.3) is 0 Å². The summed E-state index contributed by atoms with van der Waals surface area (Å²) < 4.78 is 0. The third kappa shape index (κ3) is 22.8. The number of ketones is 1. The van der Waals surface area contributed by atoms with Gasteiger partial charge in [-0.25, -0.2) is 15.2 Å². The monoisotopic (exact) mass is 586 g/mol. The molecule has 0 aromatic carbocycles. The lowest BCUT2D eigenvalue weighted by Crippen LogP contribution is -2.31. The molecule has 0 aromatic heterocycles.